The van der Waals surface area contributed by atoms with Crippen molar-refractivity contribution >= 4 is 7.85 Å². The average Bonchev–Trinajstić information content (AvgIpc) is 2.31. The van der Waals surface area contributed by atoms with Gasteiger partial charge in [-0.1, -0.05) is 32.5 Å². The predicted molar refractivity (Wildman–Crippen MR) is 72.5 cm³/mol. The SMILES string of the molecule is CC.[B]C1CCCC2C1CCC1(COC1)N2C. The van der Waals surface area contributed by atoms with E-state index in [1.165, 1.54) is 32.1 Å². The zero-order valence-corrected chi connectivity index (χ0v) is 11.6. The summed E-state index contributed by atoms with van der Waals surface area (Å²) in [7, 11) is 8.53. The molecule has 2 saturated heterocycles. The van der Waals surface area contributed by atoms with E-state index in [0.29, 0.717) is 11.4 Å². The maximum atomic E-state index is 6.24. The fourth-order valence-electron chi connectivity index (χ4n) is 3.81. The van der Waals surface area contributed by atoms with Crippen LogP contribution in [-0.2, 0) is 4.74 Å². The predicted octanol–water partition coefficient (Wildman–Crippen LogP) is 2.63. The van der Waals surface area contributed by atoms with E-state index in [-0.39, 0.29) is 0 Å². The van der Waals surface area contributed by atoms with Crippen molar-refractivity contribution in [3.05, 3.63) is 0 Å². The standard InChI is InChI=1S/C12H20BNO.C2H6/c1-14-11-4-2-3-10(13)9(11)5-6-12(14)7-15-8-12;1-2/h9-11H,2-8H2,1H3;1-2H3. The van der Waals surface area contributed by atoms with E-state index in [1.807, 2.05) is 13.8 Å². The highest BCUT2D eigenvalue weighted by molar-refractivity contribution is 6.11. The molecule has 0 aromatic carbocycles. The van der Waals surface area contributed by atoms with Gasteiger partial charge < -0.3 is 4.74 Å². The molecule has 0 N–H and O–H groups in total. The van der Waals surface area contributed by atoms with Crippen molar-refractivity contribution in [2.45, 2.75) is 63.3 Å². The van der Waals surface area contributed by atoms with Gasteiger partial charge in [0.1, 0.15) is 0 Å². The van der Waals surface area contributed by atoms with Crippen molar-refractivity contribution in [3.63, 3.8) is 0 Å². The smallest absolute Gasteiger partial charge is 0.0704 e. The molecule has 1 spiro atoms. The van der Waals surface area contributed by atoms with Gasteiger partial charge in [-0.05, 0) is 32.2 Å². The second-order valence-electron chi connectivity index (χ2n) is 5.69. The van der Waals surface area contributed by atoms with Crippen LogP contribution in [0.5, 0.6) is 0 Å². The lowest BCUT2D eigenvalue weighted by Crippen LogP contribution is -2.68. The van der Waals surface area contributed by atoms with Crippen LogP contribution >= 0.6 is 0 Å². The third-order valence-electron chi connectivity index (χ3n) is 5.01. The molecule has 1 aliphatic carbocycles. The molecule has 96 valence electrons. The number of rotatable bonds is 0. The maximum Gasteiger partial charge on any atom is 0.0704 e. The number of hydrogen-bond acceptors (Lipinski definition) is 2. The highest BCUT2D eigenvalue weighted by atomic mass is 16.5. The molecule has 1 saturated carbocycles. The molecule has 3 rings (SSSR count). The van der Waals surface area contributed by atoms with Gasteiger partial charge in [0.05, 0.1) is 26.6 Å². The Morgan fingerprint density at radius 3 is 2.47 bits per heavy atom. The van der Waals surface area contributed by atoms with Crippen molar-refractivity contribution in [1.29, 1.82) is 0 Å². The maximum absolute atomic E-state index is 6.24. The highest BCUT2D eigenvalue weighted by Crippen LogP contribution is 2.47. The number of likely N-dealkylation sites (N-methyl/N-ethyl adjacent to an activating group) is 1. The van der Waals surface area contributed by atoms with Crippen LogP contribution in [0.1, 0.15) is 46.0 Å². The molecule has 0 bridgehead atoms. The second-order valence-corrected chi connectivity index (χ2v) is 5.69. The molecule has 3 heteroatoms. The van der Waals surface area contributed by atoms with E-state index in [2.05, 4.69) is 11.9 Å². The molecule has 0 aromatic rings. The van der Waals surface area contributed by atoms with Crippen molar-refractivity contribution in [1.82, 2.24) is 4.90 Å². The topological polar surface area (TPSA) is 12.5 Å². The van der Waals surface area contributed by atoms with Crippen LogP contribution in [0.2, 0.25) is 5.82 Å². The Bertz CT molecular complexity index is 255. The minimum absolute atomic E-state index is 0.387. The summed E-state index contributed by atoms with van der Waals surface area (Å²) in [6, 6.07) is 0.728. The molecule has 0 amide bonds. The van der Waals surface area contributed by atoms with E-state index in [1.54, 1.807) is 0 Å². The van der Waals surface area contributed by atoms with Crippen LogP contribution in [0.4, 0.5) is 0 Å². The number of piperidine rings is 1. The summed E-state index contributed by atoms with van der Waals surface area (Å²) in [4.78, 5) is 2.60. The van der Waals surface area contributed by atoms with Gasteiger partial charge >= 0.3 is 0 Å². The first-order valence-electron chi connectivity index (χ1n) is 7.29. The number of ether oxygens (including phenoxy) is 1. The van der Waals surface area contributed by atoms with Gasteiger partial charge in [0, 0.05) is 6.04 Å². The van der Waals surface area contributed by atoms with Gasteiger partial charge in [0.2, 0.25) is 0 Å². The summed E-state index contributed by atoms with van der Waals surface area (Å²) in [5.74, 6) is 1.19. The van der Waals surface area contributed by atoms with Gasteiger partial charge in [-0.2, -0.15) is 0 Å². The van der Waals surface area contributed by atoms with E-state index in [4.69, 9.17) is 12.6 Å². The van der Waals surface area contributed by atoms with Gasteiger partial charge in [-0.3, -0.25) is 4.90 Å². The molecule has 17 heavy (non-hydrogen) atoms. The molecular weight excluding hydrogens is 209 g/mol. The fourth-order valence-corrected chi connectivity index (χ4v) is 3.81. The Morgan fingerprint density at radius 2 is 1.88 bits per heavy atom. The largest absolute Gasteiger partial charge is 0.377 e. The van der Waals surface area contributed by atoms with Crippen molar-refractivity contribution in [3.8, 4) is 0 Å². The monoisotopic (exact) mass is 235 g/mol. The lowest BCUT2D eigenvalue weighted by Gasteiger charge is -2.59. The third-order valence-corrected chi connectivity index (χ3v) is 5.01. The first-order valence-corrected chi connectivity index (χ1v) is 7.29. The average molecular weight is 235 g/mol. The first-order chi connectivity index (χ1) is 8.23. The molecule has 2 heterocycles. The number of hydrogen-bond donors (Lipinski definition) is 0. The summed E-state index contributed by atoms with van der Waals surface area (Å²) in [6.45, 7) is 5.89. The molecule has 2 nitrogen and oxygen atoms in total. The quantitative estimate of drug-likeness (QED) is 0.598. The molecule has 3 aliphatic rings. The lowest BCUT2D eigenvalue weighted by atomic mass is 9.60. The Hall–Kier alpha value is -0.0151. The van der Waals surface area contributed by atoms with E-state index in [0.717, 1.165) is 25.2 Å². The molecule has 2 aliphatic heterocycles. The summed E-state index contributed by atoms with van der Waals surface area (Å²) < 4.78 is 5.42. The van der Waals surface area contributed by atoms with Crippen LogP contribution in [0, 0.1) is 5.92 Å². The summed E-state index contributed by atoms with van der Waals surface area (Å²) in [5.41, 5.74) is 0.387. The molecule has 3 fully saturated rings. The Morgan fingerprint density at radius 1 is 1.18 bits per heavy atom. The molecule has 0 aromatic heterocycles. The summed E-state index contributed by atoms with van der Waals surface area (Å²) >= 11 is 0. The van der Waals surface area contributed by atoms with Gasteiger partial charge in [0.25, 0.3) is 0 Å². The number of fused-ring (bicyclic) bond motifs is 1. The fraction of sp³-hybridized carbons (Fsp3) is 1.00. The molecule has 3 unspecified atom stereocenters. The van der Waals surface area contributed by atoms with Gasteiger partial charge in [-0.15, -0.1) is 0 Å². The highest BCUT2D eigenvalue weighted by Gasteiger charge is 2.51. The van der Waals surface area contributed by atoms with Crippen LogP contribution < -0.4 is 0 Å². The molecule has 2 radical (unpaired) electrons. The Labute approximate surface area is 107 Å². The molecule has 3 atom stereocenters. The van der Waals surface area contributed by atoms with Crippen molar-refractivity contribution in [2.75, 3.05) is 20.3 Å². The summed E-state index contributed by atoms with van der Waals surface area (Å²) in [6.07, 6.45) is 6.50. The van der Waals surface area contributed by atoms with Gasteiger partial charge in [-0.25, -0.2) is 0 Å². The zero-order valence-electron chi connectivity index (χ0n) is 11.6. The van der Waals surface area contributed by atoms with Crippen molar-refractivity contribution < 1.29 is 4.74 Å². The summed E-state index contributed by atoms with van der Waals surface area (Å²) in [5, 5.41) is 0. The Kier molecular flexibility index (Phi) is 4.20. The lowest BCUT2D eigenvalue weighted by molar-refractivity contribution is -0.177. The first kappa shape index (κ1) is 13.4. The van der Waals surface area contributed by atoms with Crippen LogP contribution in [0.3, 0.4) is 0 Å². The van der Waals surface area contributed by atoms with E-state index in [9.17, 15) is 0 Å². The van der Waals surface area contributed by atoms with Crippen LogP contribution in [-0.4, -0.2) is 44.6 Å². The molecular formula is C14H26BNO. The van der Waals surface area contributed by atoms with Crippen LogP contribution in [0.15, 0.2) is 0 Å². The number of nitrogens with zero attached hydrogens (tertiary/aromatic N) is 1. The Balaban J connectivity index is 0.000000514. The third kappa shape index (κ3) is 2.17. The van der Waals surface area contributed by atoms with E-state index < -0.39 is 0 Å². The van der Waals surface area contributed by atoms with Crippen LogP contribution in [0.25, 0.3) is 0 Å². The zero-order chi connectivity index (χ0) is 12.5. The second kappa shape index (κ2) is 5.32. The van der Waals surface area contributed by atoms with Gasteiger partial charge in [0.15, 0.2) is 0 Å². The minimum atomic E-state index is 0.387. The number of likely N-dealkylation sites (tertiary alicyclic amines) is 1. The minimum Gasteiger partial charge on any atom is -0.377 e. The van der Waals surface area contributed by atoms with E-state index >= 15 is 0 Å². The van der Waals surface area contributed by atoms with Crippen molar-refractivity contribution in [2.24, 2.45) is 5.92 Å². The normalized spacial score (nSPS) is 39.8.